The van der Waals surface area contributed by atoms with E-state index in [1.54, 1.807) is 0 Å². The van der Waals surface area contributed by atoms with Crippen molar-refractivity contribution < 1.29 is 40.9 Å². The zero-order valence-electron chi connectivity index (χ0n) is 20.6. The molecule has 1 amide bonds. The summed E-state index contributed by atoms with van der Waals surface area (Å²) >= 11 is 5.80. The lowest BCUT2D eigenvalue weighted by Crippen LogP contribution is -2.43. The molecule has 39 heavy (non-hydrogen) atoms. The minimum absolute atomic E-state index is 0.0826. The molecule has 0 aromatic heterocycles. The summed E-state index contributed by atoms with van der Waals surface area (Å²) in [6, 6.07) is 10.4. The van der Waals surface area contributed by atoms with Crippen LogP contribution in [-0.2, 0) is 9.84 Å². The highest BCUT2D eigenvalue weighted by molar-refractivity contribution is 8.25. The van der Waals surface area contributed by atoms with Crippen LogP contribution in [0.5, 0.6) is 5.75 Å². The largest absolute Gasteiger partial charge is 0.467 e. The topological polar surface area (TPSA) is 136 Å². The highest BCUT2D eigenvalue weighted by Crippen LogP contribution is 2.62. The maximum atomic E-state index is 15.3. The minimum atomic E-state index is -4.14. The fourth-order valence-corrected chi connectivity index (χ4v) is 7.02. The SMILES string of the molecule is CCS(=O)(=O)c1ccc([C@H](CO)NC(=O)c2ccc(N3C(C)Oc4ccc(Cl)c(F)c4S3(O)O)c(F)c2)cc1. The molecular formula is C25H25ClF2N2O7S2. The number of fused-ring (bicyclic) bond motifs is 1. The Hall–Kier alpha value is -2.94. The molecule has 1 aliphatic heterocycles. The molecule has 9 nitrogen and oxygen atoms in total. The number of anilines is 1. The second-order valence-corrected chi connectivity index (χ2v) is 13.1. The summed E-state index contributed by atoms with van der Waals surface area (Å²) in [5.74, 6) is -3.13. The molecule has 1 heterocycles. The van der Waals surface area contributed by atoms with E-state index in [9.17, 15) is 31.8 Å². The van der Waals surface area contributed by atoms with Gasteiger partial charge in [0, 0.05) is 5.56 Å². The van der Waals surface area contributed by atoms with E-state index in [1.165, 1.54) is 56.3 Å². The zero-order valence-corrected chi connectivity index (χ0v) is 23.0. The Morgan fingerprint density at radius 2 is 1.82 bits per heavy atom. The molecule has 0 saturated carbocycles. The molecule has 210 valence electrons. The lowest BCUT2D eigenvalue weighted by molar-refractivity contribution is 0.0915. The molecule has 4 rings (SSSR count). The van der Waals surface area contributed by atoms with Crippen molar-refractivity contribution in [2.45, 2.75) is 35.9 Å². The van der Waals surface area contributed by atoms with E-state index in [2.05, 4.69) is 5.32 Å². The van der Waals surface area contributed by atoms with Crippen molar-refractivity contribution in [2.75, 3.05) is 16.7 Å². The second-order valence-electron chi connectivity index (χ2n) is 8.60. The van der Waals surface area contributed by atoms with E-state index in [1.807, 2.05) is 0 Å². The number of aliphatic hydroxyl groups excluding tert-OH is 1. The molecule has 3 aromatic carbocycles. The molecule has 0 bridgehead atoms. The number of carbonyl (C=O) groups is 1. The molecule has 0 radical (unpaired) electrons. The lowest BCUT2D eigenvalue weighted by atomic mass is 10.1. The number of hydrogen-bond donors (Lipinski definition) is 4. The van der Waals surface area contributed by atoms with Crippen LogP contribution >= 0.6 is 22.4 Å². The highest BCUT2D eigenvalue weighted by Gasteiger charge is 2.42. The fourth-order valence-electron chi connectivity index (χ4n) is 4.11. The summed E-state index contributed by atoms with van der Waals surface area (Å²) in [5.41, 5.74) is -0.0994. The van der Waals surface area contributed by atoms with Gasteiger partial charge >= 0.3 is 0 Å². The third kappa shape index (κ3) is 5.42. The molecule has 1 aliphatic rings. The van der Waals surface area contributed by atoms with Gasteiger partial charge in [0.15, 0.2) is 32.5 Å². The monoisotopic (exact) mass is 602 g/mol. The first-order chi connectivity index (χ1) is 18.3. The molecule has 3 aromatic rings. The van der Waals surface area contributed by atoms with Gasteiger partial charge in [0.05, 0.1) is 34.0 Å². The average Bonchev–Trinajstić information content (AvgIpc) is 2.89. The smallest absolute Gasteiger partial charge is 0.251 e. The Morgan fingerprint density at radius 1 is 1.15 bits per heavy atom. The van der Waals surface area contributed by atoms with Gasteiger partial charge in [0.1, 0.15) is 5.82 Å². The van der Waals surface area contributed by atoms with Gasteiger partial charge in [-0.3, -0.25) is 13.9 Å². The van der Waals surface area contributed by atoms with Crippen molar-refractivity contribution in [3.05, 3.63) is 82.4 Å². The number of carbonyl (C=O) groups excluding carboxylic acids is 1. The Balaban J connectivity index is 1.59. The third-order valence-electron chi connectivity index (χ3n) is 6.15. The first-order valence-electron chi connectivity index (χ1n) is 11.6. The van der Waals surface area contributed by atoms with Crippen LogP contribution in [0.4, 0.5) is 14.5 Å². The molecule has 0 aliphatic carbocycles. The van der Waals surface area contributed by atoms with Gasteiger partial charge in [0.25, 0.3) is 5.91 Å². The van der Waals surface area contributed by atoms with Crippen LogP contribution in [-0.4, -0.2) is 47.1 Å². The van der Waals surface area contributed by atoms with Crippen molar-refractivity contribution in [3.63, 3.8) is 0 Å². The normalized spacial score (nSPS) is 18.1. The van der Waals surface area contributed by atoms with Crippen molar-refractivity contribution in [2.24, 2.45) is 0 Å². The lowest BCUT2D eigenvalue weighted by Gasteiger charge is -2.50. The van der Waals surface area contributed by atoms with Gasteiger partial charge in [-0.15, -0.1) is 0 Å². The molecule has 2 atom stereocenters. The maximum absolute atomic E-state index is 15.3. The van der Waals surface area contributed by atoms with Gasteiger partial charge in [-0.2, -0.15) is 0 Å². The summed E-state index contributed by atoms with van der Waals surface area (Å²) < 4.78 is 82.3. The van der Waals surface area contributed by atoms with Crippen LogP contribution in [0.25, 0.3) is 0 Å². The summed E-state index contributed by atoms with van der Waals surface area (Å²) in [4.78, 5) is 12.3. The van der Waals surface area contributed by atoms with E-state index in [-0.39, 0.29) is 32.7 Å². The van der Waals surface area contributed by atoms with Crippen LogP contribution in [0.3, 0.4) is 0 Å². The van der Waals surface area contributed by atoms with Crippen molar-refractivity contribution in [1.82, 2.24) is 5.32 Å². The quantitative estimate of drug-likeness (QED) is 0.292. The van der Waals surface area contributed by atoms with E-state index in [4.69, 9.17) is 16.3 Å². The molecule has 4 N–H and O–H groups in total. The van der Waals surface area contributed by atoms with E-state index in [0.29, 0.717) is 5.56 Å². The Kier molecular flexibility index (Phi) is 8.13. The number of rotatable bonds is 7. The standard InChI is InChI=1S/C25H25ClF2N2O7S2/c1-3-38(33,34)17-7-4-15(5-8-17)20(13-31)29-25(32)16-6-10-21(19(27)12-16)30-14(2)37-22-11-9-18(26)23(28)24(22)39(30,35)36/h4-12,14,20,31,35-36H,3,13H2,1-2H3,(H,29,32)/t14?,20-/m0/s1. The van der Waals surface area contributed by atoms with Gasteiger partial charge in [-0.05, 0) is 55.0 Å². The van der Waals surface area contributed by atoms with Crippen LogP contribution in [0.2, 0.25) is 5.02 Å². The number of hydrogen-bond acceptors (Lipinski definition) is 8. The van der Waals surface area contributed by atoms with E-state index < -0.39 is 61.9 Å². The number of nitrogens with zero attached hydrogens (tertiary/aromatic N) is 1. The van der Waals surface area contributed by atoms with Gasteiger partial charge < -0.3 is 15.2 Å². The van der Waals surface area contributed by atoms with Gasteiger partial charge in [0.2, 0.25) is 0 Å². The van der Waals surface area contributed by atoms with Gasteiger partial charge in [-0.1, -0.05) is 41.4 Å². The predicted molar refractivity (Wildman–Crippen MR) is 143 cm³/mol. The van der Waals surface area contributed by atoms with Crippen LogP contribution in [0.15, 0.2) is 64.4 Å². The Labute approximate surface area is 230 Å². The zero-order chi connectivity index (χ0) is 28.7. The predicted octanol–water partition coefficient (Wildman–Crippen LogP) is 5.14. The average molecular weight is 603 g/mol. The number of nitrogens with one attached hydrogen (secondary N) is 1. The van der Waals surface area contributed by atoms with E-state index >= 15 is 4.39 Å². The first-order valence-corrected chi connectivity index (χ1v) is 15.1. The fraction of sp³-hybridized carbons (Fsp3) is 0.240. The van der Waals surface area contributed by atoms with Crippen LogP contribution in [0.1, 0.15) is 35.8 Å². The highest BCUT2D eigenvalue weighted by atomic mass is 35.5. The number of ether oxygens (including phenoxy) is 1. The van der Waals surface area contributed by atoms with Crippen molar-refractivity contribution in [3.8, 4) is 5.75 Å². The number of sulfone groups is 1. The molecule has 0 saturated heterocycles. The number of amides is 1. The van der Waals surface area contributed by atoms with Gasteiger partial charge in [-0.25, -0.2) is 21.5 Å². The second kappa shape index (κ2) is 10.9. The molecule has 0 spiro atoms. The third-order valence-corrected chi connectivity index (χ3v) is 10.2. The Morgan fingerprint density at radius 3 is 2.41 bits per heavy atom. The minimum Gasteiger partial charge on any atom is -0.467 e. The molecular weight excluding hydrogens is 578 g/mol. The summed E-state index contributed by atoms with van der Waals surface area (Å²) in [7, 11) is -7.57. The Bertz CT molecular complexity index is 1520. The molecule has 1 unspecified atom stereocenters. The van der Waals surface area contributed by atoms with E-state index in [0.717, 1.165) is 16.4 Å². The van der Waals surface area contributed by atoms with Crippen molar-refractivity contribution in [1.29, 1.82) is 0 Å². The first kappa shape index (κ1) is 29.1. The maximum Gasteiger partial charge on any atom is 0.251 e. The molecule has 14 heteroatoms. The summed E-state index contributed by atoms with van der Waals surface area (Å²) in [6.45, 7) is 2.40. The number of aliphatic hydroxyl groups is 1. The van der Waals surface area contributed by atoms with Crippen LogP contribution in [0, 0.1) is 11.6 Å². The number of benzene rings is 3. The number of halogens is 3. The summed E-state index contributed by atoms with van der Waals surface area (Å²) in [5, 5.41) is 12.0. The van der Waals surface area contributed by atoms with Crippen LogP contribution < -0.4 is 14.4 Å². The van der Waals surface area contributed by atoms with Crippen molar-refractivity contribution >= 4 is 43.8 Å². The molecule has 0 fully saturated rings. The summed E-state index contributed by atoms with van der Waals surface area (Å²) in [6.07, 6.45) is -1.13.